The zero-order valence-corrected chi connectivity index (χ0v) is 16.7. The summed E-state index contributed by atoms with van der Waals surface area (Å²) in [4.78, 5) is 40.2. The van der Waals surface area contributed by atoms with Gasteiger partial charge in [0.1, 0.15) is 6.04 Å². The second-order valence-corrected chi connectivity index (χ2v) is 7.47. The lowest BCUT2D eigenvalue weighted by molar-refractivity contribution is -0.141. The Labute approximate surface area is 165 Å². The molecule has 0 bridgehead atoms. The SMILES string of the molecule is C/C=C\c1ccc2n(c1=O)C[C@@H]1[C@@H](CO)[C@H](C(=O)NCCC)N(C(=O)CC)[C@H]21. The second-order valence-electron chi connectivity index (χ2n) is 7.47. The Balaban J connectivity index is 2.07. The first-order valence-electron chi connectivity index (χ1n) is 10.1. The third kappa shape index (κ3) is 3.17. The van der Waals surface area contributed by atoms with Gasteiger partial charge in [0.05, 0.1) is 6.04 Å². The minimum Gasteiger partial charge on any atom is -0.396 e. The predicted molar refractivity (Wildman–Crippen MR) is 106 cm³/mol. The molecular formula is C21H29N3O4. The van der Waals surface area contributed by atoms with Gasteiger partial charge in [0.2, 0.25) is 11.8 Å². The topological polar surface area (TPSA) is 91.6 Å². The summed E-state index contributed by atoms with van der Waals surface area (Å²) in [5.41, 5.74) is 1.24. The van der Waals surface area contributed by atoms with Crippen LogP contribution in [0.3, 0.4) is 0 Å². The zero-order valence-electron chi connectivity index (χ0n) is 16.7. The highest BCUT2D eigenvalue weighted by Crippen LogP contribution is 2.49. The van der Waals surface area contributed by atoms with Crippen molar-refractivity contribution in [1.29, 1.82) is 0 Å². The Hall–Kier alpha value is -2.41. The maximum atomic E-state index is 12.9. The molecule has 2 aliphatic rings. The summed E-state index contributed by atoms with van der Waals surface area (Å²) in [6.07, 6.45) is 4.64. The number of carbonyl (C=O) groups is 2. The molecule has 7 heteroatoms. The normalized spacial score (nSPS) is 25.8. The Kier molecular flexibility index (Phi) is 6.03. The average Bonchev–Trinajstić information content (AvgIpc) is 3.22. The van der Waals surface area contributed by atoms with Crippen molar-refractivity contribution >= 4 is 17.9 Å². The van der Waals surface area contributed by atoms with Crippen LogP contribution in [0.4, 0.5) is 0 Å². The van der Waals surface area contributed by atoms with Gasteiger partial charge in [-0.1, -0.05) is 26.0 Å². The maximum Gasteiger partial charge on any atom is 0.258 e. The average molecular weight is 387 g/mol. The lowest BCUT2D eigenvalue weighted by Crippen LogP contribution is -2.50. The maximum absolute atomic E-state index is 12.9. The van der Waals surface area contributed by atoms with E-state index < -0.39 is 12.0 Å². The number of nitrogens with zero attached hydrogens (tertiary/aromatic N) is 2. The first-order valence-corrected chi connectivity index (χ1v) is 10.1. The fourth-order valence-electron chi connectivity index (χ4n) is 4.63. The third-order valence-electron chi connectivity index (χ3n) is 5.86. The van der Waals surface area contributed by atoms with Gasteiger partial charge < -0.3 is 19.9 Å². The summed E-state index contributed by atoms with van der Waals surface area (Å²) < 4.78 is 1.70. The van der Waals surface area contributed by atoms with Crippen LogP contribution in [0.1, 0.15) is 50.9 Å². The summed E-state index contributed by atoms with van der Waals surface area (Å²) in [6.45, 7) is 6.31. The number of aromatic nitrogens is 1. The molecule has 0 unspecified atom stereocenters. The summed E-state index contributed by atoms with van der Waals surface area (Å²) in [5.74, 6) is -0.925. The van der Waals surface area contributed by atoms with Gasteiger partial charge in [-0.2, -0.15) is 0 Å². The number of carbonyl (C=O) groups excluding carboxylic acids is 2. The largest absolute Gasteiger partial charge is 0.396 e. The van der Waals surface area contributed by atoms with Crippen LogP contribution in [0.5, 0.6) is 0 Å². The van der Waals surface area contributed by atoms with Gasteiger partial charge in [0, 0.05) is 49.2 Å². The monoisotopic (exact) mass is 387 g/mol. The predicted octanol–water partition coefficient (Wildman–Crippen LogP) is 1.31. The van der Waals surface area contributed by atoms with E-state index in [0.717, 1.165) is 12.1 Å². The quantitative estimate of drug-likeness (QED) is 0.770. The highest BCUT2D eigenvalue weighted by molar-refractivity contribution is 5.89. The number of likely N-dealkylation sites (tertiary alicyclic amines) is 1. The second kappa shape index (κ2) is 8.31. The van der Waals surface area contributed by atoms with Crippen LogP contribution in [0, 0.1) is 11.8 Å². The van der Waals surface area contributed by atoms with Crippen molar-refractivity contribution in [3.05, 3.63) is 39.8 Å². The number of aliphatic hydroxyl groups is 1. The summed E-state index contributed by atoms with van der Waals surface area (Å²) in [6, 6.07) is 2.56. The van der Waals surface area contributed by atoms with Crippen LogP contribution < -0.4 is 10.9 Å². The lowest BCUT2D eigenvalue weighted by Gasteiger charge is -2.30. The van der Waals surface area contributed by atoms with E-state index in [0.29, 0.717) is 18.7 Å². The van der Waals surface area contributed by atoms with E-state index in [9.17, 15) is 19.5 Å². The highest BCUT2D eigenvalue weighted by Gasteiger charge is 2.56. The number of pyridine rings is 1. The Morgan fingerprint density at radius 2 is 2.07 bits per heavy atom. The standard InChI is InChI=1S/C21H29N3O4/c1-4-7-13-8-9-16-18-14(11-23(16)21(13)28)15(12-25)19(20(27)22-10-5-2)24(18)17(26)6-3/h4,7-9,14-15,18-19,25H,5-6,10-12H2,1-3H3,(H,22,27)/b7-4-/t14-,15-,18+,19-/m1/s1. The van der Waals surface area contributed by atoms with E-state index in [1.54, 1.807) is 28.5 Å². The molecule has 1 aromatic rings. The van der Waals surface area contributed by atoms with Crippen LogP contribution in [0.15, 0.2) is 23.0 Å². The molecule has 2 aliphatic heterocycles. The van der Waals surface area contributed by atoms with Gasteiger partial charge in [-0.3, -0.25) is 14.4 Å². The molecule has 2 amide bonds. The molecule has 0 saturated carbocycles. The van der Waals surface area contributed by atoms with E-state index in [-0.39, 0.29) is 42.4 Å². The molecule has 4 atom stereocenters. The van der Waals surface area contributed by atoms with E-state index in [4.69, 9.17) is 0 Å². The first-order chi connectivity index (χ1) is 13.5. The molecule has 0 spiro atoms. The molecule has 0 radical (unpaired) electrons. The number of allylic oxidation sites excluding steroid dienone is 1. The molecule has 1 aromatic heterocycles. The molecule has 0 aliphatic carbocycles. The molecule has 152 valence electrons. The van der Waals surface area contributed by atoms with Crippen molar-refractivity contribution in [2.45, 2.75) is 52.2 Å². The Morgan fingerprint density at radius 1 is 1.32 bits per heavy atom. The molecule has 1 saturated heterocycles. The third-order valence-corrected chi connectivity index (χ3v) is 5.86. The van der Waals surface area contributed by atoms with E-state index in [1.807, 2.05) is 26.0 Å². The number of aliphatic hydroxyl groups excluding tert-OH is 1. The molecule has 1 fully saturated rings. The molecule has 3 rings (SSSR count). The number of nitrogens with one attached hydrogen (secondary N) is 1. The van der Waals surface area contributed by atoms with Gasteiger partial charge in [-0.15, -0.1) is 0 Å². The van der Waals surface area contributed by atoms with Crippen LogP contribution in [-0.4, -0.2) is 45.6 Å². The zero-order chi connectivity index (χ0) is 20.4. The van der Waals surface area contributed by atoms with Crippen molar-refractivity contribution in [3.63, 3.8) is 0 Å². The smallest absolute Gasteiger partial charge is 0.258 e. The van der Waals surface area contributed by atoms with Crippen molar-refractivity contribution < 1.29 is 14.7 Å². The van der Waals surface area contributed by atoms with Crippen molar-refractivity contribution in [1.82, 2.24) is 14.8 Å². The number of hydrogen-bond donors (Lipinski definition) is 2. The molecule has 7 nitrogen and oxygen atoms in total. The number of hydrogen-bond acceptors (Lipinski definition) is 4. The molecular weight excluding hydrogens is 358 g/mol. The van der Waals surface area contributed by atoms with Crippen molar-refractivity contribution in [3.8, 4) is 0 Å². The highest BCUT2D eigenvalue weighted by atomic mass is 16.3. The van der Waals surface area contributed by atoms with Crippen LogP contribution >= 0.6 is 0 Å². The fourth-order valence-corrected chi connectivity index (χ4v) is 4.63. The lowest BCUT2D eigenvalue weighted by atomic mass is 9.88. The van der Waals surface area contributed by atoms with Gasteiger partial charge in [-0.25, -0.2) is 0 Å². The van der Waals surface area contributed by atoms with Gasteiger partial charge in [0.15, 0.2) is 0 Å². The van der Waals surface area contributed by atoms with Crippen molar-refractivity contribution in [2.75, 3.05) is 13.2 Å². The van der Waals surface area contributed by atoms with E-state index in [2.05, 4.69) is 5.32 Å². The van der Waals surface area contributed by atoms with E-state index in [1.165, 1.54) is 0 Å². The first kappa shape index (κ1) is 20.3. The van der Waals surface area contributed by atoms with Gasteiger partial charge in [0.25, 0.3) is 5.56 Å². The van der Waals surface area contributed by atoms with Crippen LogP contribution in [-0.2, 0) is 16.1 Å². The number of amides is 2. The van der Waals surface area contributed by atoms with Crippen LogP contribution in [0.2, 0.25) is 0 Å². The summed E-state index contributed by atoms with van der Waals surface area (Å²) >= 11 is 0. The molecule has 0 aromatic carbocycles. The minimum absolute atomic E-state index is 0.0995. The minimum atomic E-state index is -0.710. The molecule has 28 heavy (non-hydrogen) atoms. The number of rotatable bonds is 6. The Bertz CT molecular complexity index is 845. The molecule has 2 N–H and O–H groups in total. The summed E-state index contributed by atoms with van der Waals surface area (Å²) in [5, 5.41) is 13.0. The fraction of sp³-hybridized carbons (Fsp3) is 0.571. The summed E-state index contributed by atoms with van der Waals surface area (Å²) in [7, 11) is 0. The Morgan fingerprint density at radius 3 is 2.68 bits per heavy atom. The van der Waals surface area contributed by atoms with Crippen LogP contribution in [0.25, 0.3) is 6.08 Å². The van der Waals surface area contributed by atoms with Crippen molar-refractivity contribution in [2.24, 2.45) is 11.8 Å². The molecule has 3 heterocycles. The van der Waals surface area contributed by atoms with E-state index >= 15 is 0 Å². The van der Waals surface area contributed by atoms with Gasteiger partial charge in [-0.05, 0) is 25.5 Å². The number of fused-ring (bicyclic) bond motifs is 3. The van der Waals surface area contributed by atoms with Gasteiger partial charge >= 0.3 is 0 Å².